The van der Waals surface area contributed by atoms with Crippen LogP contribution in [-0.4, -0.2) is 56.4 Å². The number of carbonyl (C=O) groups is 3. The van der Waals surface area contributed by atoms with Crippen molar-refractivity contribution in [2.75, 3.05) is 6.61 Å². The first-order chi connectivity index (χ1) is 15.8. The van der Waals surface area contributed by atoms with Crippen LogP contribution >= 0.6 is 0 Å². The number of hydrogen-bond acceptors (Lipinski definition) is 4. The summed E-state index contributed by atoms with van der Waals surface area (Å²) in [6.07, 6.45) is 2.00. The molecule has 0 fully saturated rings. The van der Waals surface area contributed by atoms with E-state index in [2.05, 4.69) is 0 Å². The lowest BCUT2D eigenvalue weighted by atomic mass is 9.97. The Kier molecular flexibility index (Phi) is 7.66. The number of hydrogen-bond donors (Lipinski definition) is 1. The van der Waals surface area contributed by atoms with E-state index in [-0.39, 0.29) is 30.2 Å². The Morgan fingerprint density at radius 1 is 1.00 bits per heavy atom. The highest BCUT2D eigenvalue weighted by atomic mass is 16.3. The van der Waals surface area contributed by atoms with Gasteiger partial charge in [0.05, 0.1) is 18.3 Å². The van der Waals surface area contributed by atoms with E-state index in [0.29, 0.717) is 17.7 Å². The van der Waals surface area contributed by atoms with Crippen LogP contribution in [0.3, 0.4) is 0 Å². The van der Waals surface area contributed by atoms with Crippen molar-refractivity contribution in [3.63, 3.8) is 0 Å². The zero-order valence-corrected chi connectivity index (χ0v) is 19.5. The molecule has 1 aliphatic rings. The zero-order valence-electron chi connectivity index (χ0n) is 19.5. The van der Waals surface area contributed by atoms with Gasteiger partial charge in [0.15, 0.2) is 0 Å². The largest absolute Gasteiger partial charge is 0.394 e. The predicted octanol–water partition coefficient (Wildman–Crippen LogP) is 3.07. The number of aliphatic hydroxyl groups excluding tert-OH is 1. The minimum absolute atomic E-state index is 0.187. The Morgan fingerprint density at radius 3 is 2.06 bits per heavy atom. The van der Waals surface area contributed by atoms with Crippen LogP contribution in [0, 0.1) is 5.92 Å². The summed E-state index contributed by atoms with van der Waals surface area (Å²) in [5, 5.41) is 13.0. The summed E-state index contributed by atoms with van der Waals surface area (Å²) in [7, 11) is 0. The van der Waals surface area contributed by atoms with E-state index >= 15 is 0 Å². The molecule has 2 aromatic rings. The van der Waals surface area contributed by atoms with Crippen molar-refractivity contribution < 1.29 is 19.5 Å². The number of benzene rings is 2. The summed E-state index contributed by atoms with van der Waals surface area (Å²) >= 11 is 0. The Hall–Kier alpha value is -3.45. The van der Waals surface area contributed by atoms with Crippen LogP contribution in [0.2, 0.25) is 0 Å². The molecule has 1 aliphatic heterocycles. The van der Waals surface area contributed by atoms with Crippen LogP contribution in [-0.2, 0) is 20.8 Å². The van der Waals surface area contributed by atoms with Gasteiger partial charge in [-0.05, 0) is 17.9 Å². The van der Waals surface area contributed by atoms with E-state index in [1.165, 1.54) is 28.8 Å². The van der Waals surface area contributed by atoms with E-state index in [1.807, 2.05) is 74.5 Å². The van der Waals surface area contributed by atoms with Gasteiger partial charge in [0.1, 0.15) is 6.04 Å². The van der Waals surface area contributed by atoms with Gasteiger partial charge in [-0.2, -0.15) is 0 Å². The van der Waals surface area contributed by atoms with Gasteiger partial charge in [0.25, 0.3) is 5.91 Å². The third-order valence-electron chi connectivity index (χ3n) is 5.72. The number of nitrogens with zero attached hydrogens (tertiary/aromatic N) is 3. The van der Waals surface area contributed by atoms with Crippen LogP contribution in [0.25, 0.3) is 5.70 Å². The maximum Gasteiger partial charge on any atom is 0.269 e. The molecule has 7 heteroatoms. The van der Waals surface area contributed by atoms with Gasteiger partial charge >= 0.3 is 0 Å². The molecule has 7 nitrogen and oxygen atoms in total. The highest BCUT2D eigenvalue weighted by Gasteiger charge is 2.44. The molecule has 0 unspecified atom stereocenters. The molecule has 174 valence electrons. The topological polar surface area (TPSA) is 81.2 Å². The molecule has 2 aromatic carbocycles. The Labute approximate surface area is 194 Å². The minimum Gasteiger partial charge on any atom is -0.394 e. The molecule has 2 atom stereocenters. The molecule has 0 saturated heterocycles. The summed E-state index contributed by atoms with van der Waals surface area (Å²) < 4.78 is 0. The molecule has 0 saturated carbocycles. The summed E-state index contributed by atoms with van der Waals surface area (Å²) in [6, 6.07) is 17.2. The first kappa shape index (κ1) is 24.2. The van der Waals surface area contributed by atoms with Gasteiger partial charge < -0.3 is 10.0 Å². The van der Waals surface area contributed by atoms with E-state index in [0.717, 1.165) is 5.56 Å². The van der Waals surface area contributed by atoms with Crippen LogP contribution in [0.1, 0.15) is 38.8 Å². The van der Waals surface area contributed by atoms with Gasteiger partial charge in [0.2, 0.25) is 11.8 Å². The van der Waals surface area contributed by atoms with E-state index in [4.69, 9.17) is 0 Å². The lowest BCUT2D eigenvalue weighted by Crippen LogP contribution is -2.62. The van der Waals surface area contributed by atoms with Crippen molar-refractivity contribution >= 4 is 23.4 Å². The van der Waals surface area contributed by atoms with Crippen LogP contribution in [0.15, 0.2) is 66.9 Å². The second kappa shape index (κ2) is 10.4. The summed E-state index contributed by atoms with van der Waals surface area (Å²) in [6.45, 7) is 6.20. The number of carbonyl (C=O) groups excluding carboxylic acids is 3. The van der Waals surface area contributed by atoms with Crippen molar-refractivity contribution in [1.82, 2.24) is 14.9 Å². The second-order valence-corrected chi connectivity index (χ2v) is 8.54. The molecule has 3 rings (SSSR count). The summed E-state index contributed by atoms with van der Waals surface area (Å²) in [4.78, 5) is 40.8. The van der Waals surface area contributed by atoms with Crippen molar-refractivity contribution in [1.29, 1.82) is 0 Å². The number of amides is 3. The average Bonchev–Trinajstić information content (AvgIpc) is 2.79. The second-order valence-electron chi connectivity index (χ2n) is 8.54. The molecular weight excluding hydrogens is 418 g/mol. The average molecular weight is 450 g/mol. The van der Waals surface area contributed by atoms with Crippen molar-refractivity contribution in [2.24, 2.45) is 5.92 Å². The highest BCUT2D eigenvalue weighted by Crippen LogP contribution is 2.32. The van der Waals surface area contributed by atoms with Crippen LogP contribution < -0.4 is 0 Å². The van der Waals surface area contributed by atoms with Crippen LogP contribution in [0.4, 0.5) is 0 Å². The maximum atomic E-state index is 13.9. The van der Waals surface area contributed by atoms with Gasteiger partial charge in [-0.3, -0.25) is 14.4 Å². The van der Waals surface area contributed by atoms with E-state index < -0.39 is 12.1 Å². The third-order valence-corrected chi connectivity index (χ3v) is 5.72. The summed E-state index contributed by atoms with van der Waals surface area (Å²) in [5.41, 5.74) is 2.03. The summed E-state index contributed by atoms with van der Waals surface area (Å²) in [5.74, 6) is -1.21. The number of aliphatic hydroxyl groups is 1. The Bertz CT molecular complexity index is 1020. The highest BCUT2D eigenvalue weighted by molar-refractivity contribution is 5.98. The van der Waals surface area contributed by atoms with Crippen molar-refractivity contribution in [2.45, 2.75) is 46.2 Å². The van der Waals surface area contributed by atoms with Crippen molar-refractivity contribution in [3.8, 4) is 0 Å². The molecule has 3 amide bonds. The smallest absolute Gasteiger partial charge is 0.269 e. The molecule has 1 heterocycles. The third kappa shape index (κ3) is 5.14. The maximum absolute atomic E-state index is 13.9. The fourth-order valence-corrected chi connectivity index (χ4v) is 4.23. The molecular formula is C26H31N3O4. The SMILES string of the molecule is CC(=O)N1C=C(c2ccccc2)N(N(C(C)=O)[C@H](CO)Cc2ccccc2)C(=O)[C@@H]1C(C)C. The number of hydrazine groups is 1. The standard InChI is InChI=1S/C26H31N3O4/c1-18(2)25-26(33)29(24(16-27(25)19(3)31)22-13-9-6-10-14-22)28(20(4)32)23(17-30)15-21-11-7-5-8-12-21/h5-14,16,18,23,25,30H,15,17H2,1-4H3/t23-,25-/m0/s1. The zero-order chi connectivity index (χ0) is 24.1. The van der Waals surface area contributed by atoms with Gasteiger partial charge in [0, 0.05) is 25.6 Å². The van der Waals surface area contributed by atoms with Crippen molar-refractivity contribution in [3.05, 3.63) is 78.0 Å². The monoisotopic (exact) mass is 449 g/mol. The minimum atomic E-state index is -0.770. The molecule has 0 radical (unpaired) electrons. The van der Waals surface area contributed by atoms with E-state index in [1.54, 1.807) is 6.20 Å². The molecule has 0 spiro atoms. The molecule has 0 aliphatic carbocycles. The van der Waals surface area contributed by atoms with Crippen LogP contribution in [0.5, 0.6) is 0 Å². The molecule has 1 N–H and O–H groups in total. The molecule has 33 heavy (non-hydrogen) atoms. The lowest BCUT2D eigenvalue weighted by Gasteiger charge is -2.47. The number of rotatable bonds is 7. The normalized spacial score (nSPS) is 17.1. The quantitative estimate of drug-likeness (QED) is 0.705. The molecule has 0 aromatic heterocycles. The Morgan fingerprint density at radius 2 is 1.58 bits per heavy atom. The van der Waals surface area contributed by atoms with Gasteiger partial charge in [-0.1, -0.05) is 74.5 Å². The van der Waals surface area contributed by atoms with Gasteiger partial charge in [-0.25, -0.2) is 10.0 Å². The lowest BCUT2D eigenvalue weighted by molar-refractivity contribution is -0.167. The molecule has 0 bridgehead atoms. The van der Waals surface area contributed by atoms with E-state index in [9.17, 15) is 19.5 Å². The first-order valence-corrected chi connectivity index (χ1v) is 11.1. The fourth-order valence-electron chi connectivity index (χ4n) is 4.23. The Balaban J connectivity index is 2.16. The predicted molar refractivity (Wildman–Crippen MR) is 126 cm³/mol. The van der Waals surface area contributed by atoms with Gasteiger partial charge in [-0.15, -0.1) is 0 Å². The fraction of sp³-hybridized carbons (Fsp3) is 0.346. The first-order valence-electron chi connectivity index (χ1n) is 11.1.